The molecule has 13 nitrogen and oxygen atoms in total. The number of benzene rings is 4. The number of nitrogens with zero attached hydrogens (tertiary/aromatic N) is 4. The second-order valence-electron chi connectivity index (χ2n) is 14.1. The normalized spacial score (nSPS) is 11.3. The highest BCUT2D eigenvalue weighted by atomic mass is 35.5. The zero-order valence-corrected chi connectivity index (χ0v) is 35.2. The van der Waals surface area contributed by atoms with Crippen LogP contribution in [0.15, 0.2) is 97.6 Å². The van der Waals surface area contributed by atoms with E-state index in [4.69, 9.17) is 47.3 Å². The van der Waals surface area contributed by atoms with E-state index in [0.717, 1.165) is 33.4 Å². The van der Waals surface area contributed by atoms with Crippen LogP contribution in [0.25, 0.3) is 11.1 Å². The molecule has 0 amide bonds. The van der Waals surface area contributed by atoms with Gasteiger partial charge in [-0.3, -0.25) is 9.97 Å². The summed E-state index contributed by atoms with van der Waals surface area (Å²) >= 11 is 13.3. The third-order valence-corrected chi connectivity index (χ3v) is 10.5. The van der Waals surface area contributed by atoms with Gasteiger partial charge in [-0.15, -0.1) is 0 Å². The van der Waals surface area contributed by atoms with Crippen LogP contribution in [0.4, 0.5) is 0 Å². The lowest BCUT2D eigenvalue weighted by atomic mass is 9.92. The van der Waals surface area contributed by atoms with Crippen molar-refractivity contribution in [2.45, 2.75) is 59.5 Å². The number of carboxylic acids is 1. The Morgan fingerprint density at radius 3 is 1.61 bits per heavy atom. The lowest BCUT2D eigenvalue weighted by Crippen LogP contribution is -2.32. The largest absolute Gasteiger partial charge is 0.488 e. The van der Waals surface area contributed by atoms with Crippen LogP contribution in [0, 0.1) is 36.5 Å². The van der Waals surface area contributed by atoms with Gasteiger partial charge < -0.3 is 39.6 Å². The molecule has 6 rings (SSSR count). The third kappa shape index (κ3) is 11.4. The van der Waals surface area contributed by atoms with Gasteiger partial charge in [0.2, 0.25) is 0 Å². The first-order valence-corrected chi connectivity index (χ1v) is 20.0. The van der Waals surface area contributed by atoms with Gasteiger partial charge in [0.05, 0.1) is 27.8 Å². The molecule has 4 aromatic carbocycles. The monoisotopic (exact) mass is 873 g/mol. The molecule has 2 aromatic heterocycles. The lowest BCUT2D eigenvalue weighted by Gasteiger charge is -2.19. The van der Waals surface area contributed by atoms with Gasteiger partial charge in [-0.05, 0) is 71.5 Å². The Labute approximate surface area is 368 Å². The zero-order valence-electron chi connectivity index (χ0n) is 33.7. The zero-order chi connectivity index (χ0) is 44.2. The molecule has 2 heterocycles. The summed E-state index contributed by atoms with van der Waals surface area (Å²) in [6.45, 7) is 4.25. The second-order valence-corrected chi connectivity index (χ2v) is 15.0. The maximum Gasteiger partial charge on any atom is 0.333 e. The number of aromatic nitrogens is 2. The fraction of sp³-hybridized carbons (Fsp3) is 0.213. The van der Waals surface area contributed by atoms with Crippen LogP contribution in [0.1, 0.15) is 55.6 Å². The molecule has 0 saturated heterocycles. The minimum Gasteiger partial charge on any atom is -0.488 e. The average molecular weight is 875 g/mol. The topological polar surface area (TPSA) is 200 Å². The van der Waals surface area contributed by atoms with Crippen molar-refractivity contribution in [1.29, 1.82) is 10.5 Å². The van der Waals surface area contributed by atoms with E-state index in [1.54, 1.807) is 48.8 Å². The van der Waals surface area contributed by atoms with Crippen molar-refractivity contribution in [3.05, 3.63) is 163 Å². The molecule has 1 unspecified atom stereocenters. The maximum atomic E-state index is 11.1. The number of hydrogen-bond donors (Lipinski definition) is 4. The Morgan fingerprint density at radius 1 is 0.677 bits per heavy atom. The number of carboxylic acid groups (broad SMARTS) is 1. The van der Waals surface area contributed by atoms with Gasteiger partial charge in [-0.2, -0.15) is 10.5 Å². The summed E-state index contributed by atoms with van der Waals surface area (Å²) in [7, 11) is 0. The van der Waals surface area contributed by atoms with E-state index in [2.05, 4.69) is 27.4 Å². The first kappa shape index (κ1) is 44.8. The molecule has 0 aliphatic carbocycles. The molecular formula is C47H41Cl2N5O8. The number of carbonyl (C=O) groups is 1. The summed E-state index contributed by atoms with van der Waals surface area (Å²) in [6, 6.07) is 26.0. The number of hydrogen-bond acceptors (Lipinski definition) is 12. The molecule has 0 saturated carbocycles. The van der Waals surface area contributed by atoms with Crippen LogP contribution < -0.4 is 24.3 Å². The Morgan fingerprint density at radius 2 is 1.15 bits per heavy atom. The van der Waals surface area contributed by atoms with Crippen LogP contribution in [0.3, 0.4) is 0 Å². The molecule has 15 heteroatoms. The average Bonchev–Trinajstić information content (AvgIpc) is 3.28. The van der Waals surface area contributed by atoms with Crippen LogP contribution >= 0.6 is 23.2 Å². The molecule has 1 atom stereocenters. The molecule has 6 aromatic rings. The van der Waals surface area contributed by atoms with E-state index in [0.29, 0.717) is 66.4 Å². The van der Waals surface area contributed by atoms with Crippen LogP contribution in [0.5, 0.6) is 23.0 Å². The Bertz CT molecular complexity index is 2660. The quantitative estimate of drug-likeness (QED) is 0.0608. The maximum absolute atomic E-state index is 11.1. The van der Waals surface area contributed by atoms with Crippen molar-refractivity contribution >= 4 is 29.2 Å². The number of nitriles is 2. The van der Waals surface area contributed by atoms with Crippen molar-refractivity contribution in [2.75, 3.05) is 6.54 Å². The van der Waals surface area contributed by atoms with Gasteiger partial charge in [-0.1, -0.05) is 59.6 Å². The predicted molar refractivity (Wildman–Crippen MR) is 231 cm³/mol. The van der Waals surface area contributed by atoms with E-state index in [9.17, 15) is 25.5 Å². The van der Waals surface area contributed by atoms with E-state index in [1.807, 2.05) is 50.2 Å². The van der Waals surface area contributed by atoms with Crippen molar-refractivity contribution in [3.63, 3.8) is 0 Å². The Hall–Kier alpha value is -6.71. The van der Waals surface area contributed by atoms with E-state index in [-0.39, 0.29) is 46.1 Å². The van der Waals surface area contributed by atoms with Crippen LogP contribution in [0.2, 0.25) is 10.0 Å². The van der Waals surface area contributed by atoms with Gasteiger partial charge in [0.15, 0.2) is 6.10 Å². The van der Waals surface area contributed by atoms with Gasteiger partial charge in [0, 0.05) is 72.3 Å². The van der Waals surface area contributed by atoms with Crippen LogP contribution in [-0.4, -0.2) is 43.9 Å². The highest BCUT2D eigenvalue weighted by Gasteiger charge is 2.18. The number of halogens is 2. The predicted octanol–water partition coefficient (Wildman–Crippen LogP) is 8.15. The summed E-state index contributed by atoms with van der Waals surface area (Å²) in [5, 5.41) is 50.9. The molecule has 0 aliphatic rings. The number of nitrogens with one attached hydrogen (secondary N) is 1. The van der Waals surface area contributed by atoms with E-state index < -0.39 is 12.1 Å². The minimum atomic E-state index is -1.59. The number of rotatable bonds is 19. The first-order valence-electron chi connectivity index (χ1n) is 19.2. The number of aliphatic hydroxyl groups excluding tert-OH is 2. The first-order chi connectivity index (χ1) is 30.0. The van der Waals surface area contributed by atoms with Crippen molar-refractivity contribution in [3.8, 4) is 46.3 Å². The third-order valence-electron chi connectivity index (χ3n) is 9.92. The molecule has 0 fully saturated rings. The molecule has 0 spiro atoms. The molecule has 62 heavy (non-hydrogen) atoms. The Balaban J connectivity index is 1.18. The van der Waals surface area contributed by atoms with Crippen LogP contribution in [-0.2, 0) is 44.4 Å². The van der Waals surface area contributed by atoms with Gasteiger partial charge in [0.1, 0.15) is 61.6 Å². The van der Waals surface area contributed by atoms with E-state index >= 15 is 0 Å². The molecule has 0 bridgehead atoms. The summed E-state index contributed by atoms with van der Waals surface area (Å²) in [5.74, 6) is 0.173. The lowest BCUT2D eigenvalue weighted by molar-refractivity contribution is -0.146. The fourth-order valence-corrected chi connectivity index (χ4v) is 6.97. The van der Waals surface area contributed by atoms with Crippen molar-refractivity contribution < 1.29 is 39.1 Å². The smallest absolute Gasteiger partial charge is 0.333 e. The summed E-state index contributed by atoms with van der Waals surface area (Å²) in [4.78, 5) is 19.3. The molecule has 4 N–H and O–H groups in total. The standard InChI is InChI=1S/C47H41Cl2N5O8/c1-28-34(26-61-45-13-43(59-24-32-9-30(15-50)17-52-19-32)36(11-40(45)48)21-54-22-42(56)47(57)58)5-3-7-38(28)39-8-4-6-35(29(39)2)27-62-46-14-44(37(23-55)12-41(46)49)60-25-33-10-31(16-51)18-53-20-33/h3-14,17-20,42,54-56H,21-27H2,1-2H3,(H,57,58). The van der Waals surface area contributed by atoms with E-state index in [1.165, 1.54) is 12.4 Å². The number of aliphatic hydroxyl groups is 2. The number of pyridine rings is 2. The van der Waals surface area contributed by atoms with Gasteiger partial charge >= 0.3 is 5.97 Å². The van der Waals surface area contributed by atoms with Crippen molar-refractivity contribution in [1.82, 2.24) is 15.3 Å². The summed E-state index contributed by atoms with van der Waals surface area (Å²) < 4.78 is 24.7. The minimum absolute atomic E-state index is 0.0793. The number of aliphatic carboxylic acids is 1. The molecule has 316 valence electrons. The number of ether oxygens (including phenoxy) is 4. The summed E-state index contributed by atoms with van der Waals surface area (Å²) in [5.41, 5.74) is 9.05. The molecule has 0 radical (unpaired) electrons. The Kier molecular flexibility index (Phi) is 15.3. The highest BCUT2D eigenvalue weighted by molar-refractivity contribution is 6.32. The summed E-state index contributed by atoms with van der Waals surface area (Å²) in [6.07, 6.45) is 4.53. The molecular weight excluding hydrogens is 833 g/mol. The fourth-order valence-electron chi connectivity index (χ4n) is 6.49. The van der Waals surface area contributed by atoms with Gasteiger partial charge in [0.25, 0.3) is 0 Å². The van der Waals surface area contributed by atoms with Crippen molar-refractivity contribution in [2.24, 2.45) is 0 Å². The second kappa shape index (κ2) is 21.2. The highest BCUT2D eigenvalue weighted by Crippen LogP contribution is 2.37. The SMILES string of the molecule is Cc1c(COc2cc(OCc3cncc(C#N)c3)c(CO)cc2Cl)cccc1-c1cccc(COc2cc(OCc3cncc(C#N)c3)c(CNCC(O)C(=O)O)cc2Cl)c1C. The van der Waals surface area contributed by atoms with Gasteiger partial charge in [-0.25, -0.2) is 4.79 Å². The molecule has 0 aliphatic heterocycles.